The van der Waals surface area contributed by atoms with Gasteiger partial charge in [0.15, 0.2) is 6.23 Å². The lowest BCUT2D eigenvalue weighted by molar-refractivity contribution is -0.231. The number of nitrogens with zero attached hydrogens (tertiary/aromatic N) is 1. The quantitative estimate of drug-likeness (QED) is 0.0227. The third-order valence-electron chi connectivity index (χ3n) is 13.4. The van der Waals surface area contributed by atoms with Crippen LogP contribution >= 0.6 is 0 Å². The molecule has 1 heterocycles. The highest BCUT2D eigenvalue weighted by molar-refractivity contribution is 5.93. The monoisotopic (exact) mass is 1010 g/mol. The predicted octanol–water partition coefficient (Wildman–Crippen LogP) is 9.96. The lowest BCUT2D eigenvalue weighted by Gasteiger charge is -2.47. The summed E-state index contributed by atoms with van der Waals surface area (Å²) in [6.45, 7) is 13.5. The molecule has 7 N–H and O–H groups in total. The molecule has 1 fully saturated rings. The second kappa shape index (κ2) is 40.2. The Kier molecular flexibility index (Phi) is 37.2. The number of unbranched alkanes of at least 4 members (excludes halogenated alkanes) is 26. The summed E-state index contributed by atoms with van der Waals surface area (Å²) in [4.78, 5) is 67.6. The normalized spacial score (nSPS) is 19.5. The lowest BCUT2D eigenvalue weighted by atomic mass is 9.94. The zero-order valence-electron chi connectivity index (χ0n) is 46.0. The maximum absolute atomic E-state index is 14.2. The number of rotatable bonds is 41. The first-order valence-electron chi connectivity index (χ1n) is 28.4. The highest BCUT2D eigenvalue weighted by Gasteiger charge is 2.48. The lowest BCUT2D eigenvalue weighted by Crippen LogP contribution is -2.70. The van der Waals surface area contributed by atoms with Crippen molar-refractivity contribution in [3.8, 4) is 0 Å². The average Bonchev–Trinajstić information content (AvgIpc) is 3.32. The van der Waals surface area contributed by atoms with Gasteiger partial charge in [-0.25, -0.2) is 4.79 Å². The molecule has 8 atom stereocenters. The molecule has 0 spiro atoms. The predicted molar refractivity (Wildman–Crippen MR) is 284 cm³/mol. The summed E-state index contributed by atoms with van der Waals surface area (Å²) < 4.78 is 11.4. The molecule has 0 bridgehead atoms. The Balaban J connectivity index is 2.92. The Morgan fingerprint density at radius 3 is 1.39 bits per heavy atom. The van der Waals surface area contributed by atoms with Crippen LogP contribution in [0.2, 0.25) is 0 Å². The van der Waals surface area contributed by atoms with Crippen molar-refractivity contribution >= 4 is 29.7 Å². The highest BCUT2D eigenvalue weighted by Crippen LogP contribution is 2.26. The molecule has 71 heavy (non-hydrogen) atoms. The number of carbonyl (C=O) groups excluding carboxylic acids is 5. The van der Waals surface area contributed by atoms with Crippen molar-refractivity contribution in [3.63, 3.8) is 0 Å². The fourth-order valence-electron chi connectivity index (χ4n) is 8.88. The number of nitrogens with one attached hydrogen (secondary N) is 4. The van der Waals surface area contributed by atoms with Gasteiger partial charge in [0.2, 0.25) is 23.6 Å². The molecule has 15 heteroatoms. The van der Waals surface area contributed by atoms with E-state index in [1.165, 1.54) is 136 Å². The Morgan fingerprint density at radius 2 is 0.958 bits per heavy atom. The number of hydrogen-bond donors (Lipinski definition) is 7. The Bertz CT molecular complexity index is 1460. The number of ether oxygens (including phenoxy) is 2. The van der Waals surface area contributed by atoms with Crippen molar-refractivity contribution in [2.24, 2.45) is 0 Å². The minimum absolute atomic E-state index is 0.200. The minimum Gasteiger partial charge on any atom is -0.444 e. The van der Waals surface area contributed by atoms with Crippen LogP contribution in [-0.2, 0) is 28.7 Å². The molecular formula is C56H105N5O10. The Labute approximate surface area is 430 Å². The molecular weight excluding hydrogens is 903 g/mol. The molecule has 0 radical (unpaired) electrons. The molecule has 0 saturated carbocycles. The zero-order chi connectivity index (χ0) is 52.9. The second-order valence-electron chi connectivity index (χ2n) is 21.3. The minimum atomic E-state index is -1.61. The van der Waals surface area contributed by atoms with E-state index >= 15 is 0 Å². The van der Waals surface area contributed by atoms with Crippen molar-refractivity contribution in [2.45, 2.75) is 302 Å². The molecule has 0 unspecified atom stereocenters. The molecule has 1 rings (SSSR count). The zero-order valence-corrected chi connectivity index (χ0v) is 46.0. The van der Waals surface area contributed by atoms with Gasteiger partial charge in [0.25, 0.3) is 0 Å². The number of aliphatic hydroxyl groups excluding tert-OH is 3. The SMILES string of the molecule is CCCCCCCC/C=C\CCCCCCCC(=O)N(CCCCCCCCCCCCCCCCCC)[C@@H]1O[C@H](CO)[C@@H](O)[C@H](O)[C@H]1NC(=O)[C@H](C)NC(=O)[C@H](C)NC(=O)[C@H](C)NC(=O)OC(C)(C)C. The van der Waals surface area contributed by atoms with E-state index in [-0.39, 0.29) is 12.3 Å². The van der Waals surface area contributed by atoms with Crippen LogP contribution in [0.5, 0.6) is 0 Å². The van der Waals surface area contributed by atoms with Gasteiger partial charge < -0.3 is 51.0 Å². The molecule has 0 aliphatic carbocycles. The van der Waals surface area contributed by atoms with Crippen LogP contribution in [0.15, 0.2) is 12.2 Å². The van der Waals surface area contributed by atoms with Crippen LogP contribution in [0, 0.1) is 0 Å². The van der Waals surface area contributed by atoms with Gasteiger partial charge in [0.05, 0.1) is 6.61 Å². The van der Waals surface area contributed by atoms with E-state index in [1.54, 1.807) is 25.7 Å². The summed E-state index contributed by atoms with van der Waals surface area (Å²) in [6.07, 6.45) is 32.5. The van der Waals surface area contributed by atoms with Gasteiger partial charge in [-0.05, 0) is 80.1 Å². The van der Waals surface area contributed by atoms with Crippen molar-refractivity contribution in [3.05, 3.63) is 12.2 Å². The van der Waals surface area contributed by atoms with Gasteiger partial charge in [-0.1, -0.05) is 174 Å². The van der Waals surface area contributed by atoms with Crippen molar-refractivity contribution in [1.29, 1.82) is 0 Å². The van der Waals surface area contributed by atoms with Crippen molar-refractivity contribution < 1.29 is 48.8 Å². The molecule has 1 saturated heterocycles. The standard InChI is InChI=1S/C56H105N5O10/c1-9-11-13-15-17-19-21-23-25-27-29-31-33-35-37-39-41-61(47(63)40-38-36-34-32-30-28-26-24-22-20-18-16-14-12-10-2)54-48(50(65)49(64)46(42-62)70-54)60-53(68)44(4)58-51(66)43(3)57-52(67)45(5)59-55(69)71-56(6,7)8/h24,26,43-46,48-50,54,62,64-65H,9-23,25,27-42H2,1-8H3,(H,57,67)(H,58,66)(H,59,69)(H,60,68)/b26-24-/t43-,44-,45-,46+,48+,49+,50+,54+/m0/s1. The highest BCUT2D eigenvalue weighted by atomic mass is 16.6. The summed E-state index contributed by atoms with van der Waals surface area (Å²) in [7, 11) is 0. The molecule has 0 aromatic heterocycles. The molecule has 15 nitrogen and oxygen atoms in total. The van der Waals surface area contributed by atoms with Crippen LogP contribution in [0.25, 0.3) is 0 Å². The second-order valence-corrected chi connectivity index (χ2v) is 21.3. The summed E-state index contributed by atoms with van der Waals surface area (Å²) in [5.41, 5.74) is -0.772. The fraction of sp³-hybridized carbons (Fsp3) is 0.875. The topological polar surface area (TPSA) is 216 Å². The van der Waals surface area contributed by atoms with Gasteiger partial charge in [-0.2, -0.15) is 0 Å². The largest absolute Gasteiger partial charge is 0.444 e. The van der Waals surface area contributed by atoms with Crippen LogP contribution in [0.1, 0.15) is 248 Å². The van der Waals surface area contributed by atoms with Gasteiger partial charge in [-0.15, -0.1) is 0 Å². The smallest absolute Gasteiger partial charge is 0.408 e. The molecule has 5 amide bonds. The number of amides is 5. The maximum Gasteiger partial charge on any atom is 0.408 e. The summed E-state index contributed by atoms with van der Waals surface area (Å²) in [6, 6.07) is -4.61. The van der Waals surface area contributed by atoms with E-state index in [2.05, 4.69) is 47.3 Å². The van der Waals surface area contributed by atoms with E-state index in [9.17, 15) is 39.3 Å². The molecule has 1 aliphatic rings. The van der Waals surface area contributed by atoms with E-state index in [4.69, 9.17) is 9.47 Å². The fourth-order valence-corrected chi connectivity index (χ4v) is 8.88. The van der Waals surface area contributed by atoms with Gasteiger partial charge in [0, 0.05) is 13.0 Å². The molecule has 414 valence electrons. The third kappa shape index (κ3) is 31.2. The van der Waals surface area contributed by atoms with E-state index < -0.39 is 84.7 Å². The van der Waals surface area contributed by atoms with Crippen LogP contribution in [-0.4, -0.2) is 117 Å². The maximum atomic E-state index is 14.2. The van der Waals surface area contributed by atoms with Crippen LogP contribution in [0.3, 0.4) is 0 Å². The number of carbonyl (C=O) groups is 5. The first kappa shape index (κ1) is 65.7. The van der Waals surface area contributed by atoms with Crippen molar-refractivity contribution in [2.75, 3.05) is 13.2 Å². The average molecular weight is 1010 g/mol. The van der Waals surface area contributed by atoms with E-state index in [0.717, 1.165) is 57.8 Å². The summed E-state index contributed by atoms with van der Waals surface area (Å²) in [5, 5.41) is 42.9. The Hall–Kier alpha value is -3.27. The van der Waals surface area contributed by atoms with E-state index in [0.29, 0.717) is 19.4 Å². The van der Waals surface area contributed by atoms with Crippen LogP contribution in [0.4, 0.5) is 4.79 Å². The number of allylic oxidation sites excluding steroid dienone is 2. The van der Waals surface area contributed by atoms with Gasteiger partial charge >= 0.3 is 6.09 Å². The first-order valence-corrected chi connectivity index (χ1v) is 28.4. The van der Waals surface area contributed by atoms with Gasteiger partial charge in [-0.3, -0.25) is 19.2 Å². The van der Waals surface area contributed by atoms with Gasteiger partial charge in [0.1, 0.15) is 48.1 Å². The molecule has 0 aromatic rings. The number of hydrogen-bond acceptors (Lipinski definition) is 10. The number of aliphatic hydroxyl groups is 3. The molecule has 1 aliphatic heterocycles. The summed E-state index contributed by atoms with van der Waals surface area (Å²) >= 11 is 0. The summed E-state index contributed by atoms with van der Waals surface area (Å²) in [5.74, 6) is -2.27. The van der Waals surface area contributed by atoms with Crippen LogP contribution < -0.4 is 21.3 Å². The number of alkyl carbamates (subject to hydrolysis) is 1. The first-order chi connectivity index (χ1) is 34.0. The van der Waals surface area contributed by atoms with E-state index in [1.807, 2.05) is 0 Å². The molecule has 0 aromatic carbocycles. The Morgan fingerprint density at radius 1 is 0.563 bits per heavy atom. The van der Waals surface area contributed by atoms with Crippen molar-refractivity contribution in [1.82, 2.24) is 26.2 Å². The third-order valence-corrected chi connectivity index (χ3v) is 13.4.